The average molecular weight is 380 g/mol. The zero-order chi connectivity index (χ0) is 19.3. The molecule has 26 heavy (non-hydrogen) atoms. The van der Waals surface area contributed by atoms with Crippen molar-refractivity contribution >= 4 is 28.9 Å². The maximum Gasteiger partial charge on any atom is 0.348 e. The first kappa shape index (κ1) is 20.6. The summed E-state index contributed by atoms with van der Waals surface area (Å²) in [5.41, 5.74) is 0.502. The van der Waals surface area contributed by atoms with E-state index >= 15 is 0 Å². The molecule has 1 aromatic rings. The largest absolute Gasteiger partial charge is 0.477 e. The summed E-state index contributed by atoms with van der Waals surface area (Å²) in [5, 5.41) is 19.1. The number of carboxylic acid groups (broad SMARTS) is 1. The number of aliphatic hydroxyl groups excluding tert-OH is 1. The first-order valence-electron chi connectivity index (χ1n) is 9.37. The van der Waals surface area contributed by atoms with Crippen molar-refractivity contribution in [1.82, 2.24) is 0 Å². The molecule has 0 aromatic carbocycles. The lowest BCUT2D eigenvalue weighted by Crippen LogP contribution is -2.32. The van der Waals surface area contributed by atoms with Crippen molar-refractivity contribution in [2.75, 3.05) is 11.4 Å². The third-order valence-corrected chi connectivity index (χ3v) is 6.04. The van der Waals surface area contributed by atoms with Crippen LogP contribution in [-0.4, -0.2) is 34.7 Å². The molecule has 2 rings (SSSR count). The van der Waals surface area contributed by atoms with Crippen molar-refractivity contribution in [3.05, 3.63) is 28.0 Å². The van der Waals surface area contributed by atoms with E-state index in [1.165, 1.54) is 11.3 Å². The van der Waals surface area contributed by atoms with E-state index in [2.05, 4.69) is 19.1 Å². The van der Waals surface area contributed by atoms with Crippen molar-refractivity contribution in [1.29, 1.82) is 0 Å². The Kier molecular flexibility index (Phi) is 7.41. The number of allylic oxidation sites excluding steroid dienone is 2. The number of carbonyl (C=O) groups excluding carboxylic acids is 1. The van der Waals surface area contributed by atoms with Gasteiger partial charge in [0.15, 0.2) is 0 Å². The predicted molar refractivity (Wildman–Crippen MR) is 105 cm³/mol. The van der Waals surface area contributed by atoms with Crippen molar-refractivity contribution in [3.63, 3.8) is 0 Å². The number of rotatable bonds is 8. The number of thiophene rings is 1. The number of carbonyl (C=O) groups is 2. The van der Waals surface area contributed by atoms with Gasteiger partial charge in [0, 0.05) is 23.8 Å². The molecule has 0 spiro atoms. The van der Waals surface area contributed by atoms with E-state index < -0.39 is 12.1 Å². The highest BCUT2D eigenvalue weighted by Crippen LogP contribution is 2.39. The molecule has 0 radical (unpaired) electrons. The monoisotopic (exact) mass is 379 g/mol. The van der Waals surface area contributed by atoms with Crippen LogP contribution < -0.4 is 4.90 Å². The summed E-state index contributed by atoms with van der Waals surface area (Å²) >= 11 is 1.28. The zero-order valence-electron chi connectivity index (χ0n) is 15.8. The molecule has 0 saturated heterocycles. The summed E-state index contributed by atoms with van der Waals surface area (Å²) in [6.45, 7) is 6.10. The van der Waals surface area contributed by atoms with E-state index in [0.717, 1.165) is 17.7 Å². The molecule has 6 heteroatoms. The summed E-state index contributed by atoms with van der Waals surface area (Å²) in [6, 6.07) is 1.88. The van der Waals surface area contributed by atoms with Crippen molar-refractivity contribution < 1.29 is 19.8 Å². The maximum atomic E-state index is 12.5. The first-order chi connectivity index (χ1) is 12.3. The predicted octanol–water partition coefficient (Wildman–Crippen LogP) is 4.42. The number of amides is 1. The standard InChI is InChI=1S/C20H29NO4S/c1-4-18(23)21(11-5-6-14(3)22)16-12-17(26-19(16)20(24)25)15-9-7-13(2)8-10-15/h7,9,12-15,22H,4-6,8,10-11H2,1-3H3,(H,24,25). The Morgan fingerprint density at radius 1 is 1.35 bits per heavy atom. The Hall–Kier alpha value is -1.66. The fourth-order valence-corrected chi connectivity index (χ4v) is 4.36. The molecule has 0 saturated carbocycles. The molecule has 5 nitrogen and oxygen atoms in total. The van der Waals surface area contributed by atoms with Crippen LogP contribution in [0.3, 0.4) is 0 Å². The van der Waals surface area contributed by atoms with Crippen LogP contribution in [0, 0.1) is 5.92 Å². The van der Waals surface area contributed by atoms with Gasteiger partial charge in [-0.1, -0.05) is 26.0 Å². The lowest BCUT2D eigenvalue weighted by atomic mass is 9.89. The molecule has 0 aliphatic heterocycles. The second kappa shape index (κ2) is 9.33. The summed E-state index contributed by atoms with van der Waals surface area (Å²) in [6.07, 6.45) is 7.54. The smallest absolute Gasteiger partial charge is 0.348 e. The van der Waals surface area contributed by atoms with Gasteiger partial charge in [-0.2, -0.15) is 0 Å². The van der Waals surface area contributed by atoms with Crippen LogP contribution >= 0.6 is 11.3 Å². The van der Waals surface area contributed by atoms with Gasteiger partial charge in [-0.15, -0.1) is 11.3 Å². The van der Waals surface area contributed by atoms with Crippen LogP contribution in [0.1, 0.15) is 73.3 Å². The van der Waals surface area contributed by atoms with E-state index in [-0.39, 0.29) is 16.7 Å². The molecule has 1 aromatic heterocycles. The number of aliphatic hydroxyl groups is 1. The molecule has 2 N–H and O–H groups in total. The van der Waals surface area contributed by atoms with E-state index in [0.29, 0.717) is 37.4 Å². The maximum absolute atomic E-state index is 12.5. The molecule has 1 aliphatic carbocycles. The number of anilines is 1. The molecule has 144 valence electrons. The van der Waals surface area contributed by atoms with Gasteiger partial charge in [0.2, 0.25) is 5.91 Å². The summed E-state index contributed by atoms with van der Waals surface area (Å²) in [4.78, 5) is 27.1. The third kappa shape index (κ3) is 5.17. The highest BCUT2D eigenvalue weighted by molar-refractivity contribution is 7.14. The minimum Gasteiger partial charge on any atom is -0.477 e. The zero-order valence-corrected chi connectivity index (χ0v) is 16.6. The van der Waals surface area contributed by atoms with Crippen LogP contribution in [0.15, 0.2) is 18.2 Å². The lowest BCUT2D eigenvalue weighted by Gasteiger charge is -2.22. The van der Waals surface area contributed by atoms with Gasteiger partial charge in [0.25, 0.3) is 0 Å². The topological polar surface area (TPSA) is 77.8 Å². The van der Waals surface area contributed by atoms with Gasteiger partial charge in [-0.3, -0.25) is 4.79 Å². The van der Waals surface area contributed by atoms with Gasteiger partial charge < -0.3 is 15.1 Å². The van der Waals surface area contributed by atoms with E-state index in [9.17, 15) is 19.8 Å². The fraction of sp³-hybridized carbons (Fsp3) is 0.600. The Morgan fingerprint density at radius 2 is 2.08 bits per heavy atom. The number of nitrogens with zero attached hydrogens (tertiary/aromatic N) is 1. The highest BCUT2D eigenvalue weighted by atomic mass is 32.1. The summed E-state index contributed by atoms with van der Waals surface area (Å²) in [7, 11) is 0. The number of hydrogen-bond donors (Lipinski definition) is 2. The second-order valence-corrected chi connectivity index (χ2v) is 8.19. The first-order valence-corrected chi connectivity index (χ1v) is 10.2. The van der Waals surface area contributed by atoms with Crippen molar-refractivity contribution in [2.24, 2.45) is 5.92 Å². The highest BCUT2D eigenvalue weighted by Gasteiger charge is 2.26. The summed E-state index contributed by atoms with van der Waals surface area (Å²) < 4.78 is 0. The molecular weight excluding hydrogens is 350 g/mol. The number of aromatic carboxylic acids is 1. The summed E-state index contributed by atoms with van der Waals surface area (Å²) in [5.74, 6) is -0.300. The SMILES string of the molecule is CCC(=O)N(CCCC(C)O)c1cc(C2C=CC(C)CC2)sc1C(=O)O. The number of hydrogen-bond acceptors (Lipinski definition) is 4. The Bertz CT molecular complexity index is 665. The molecule has 3 atom stereocenters. The lowest BCUT2D eigenvalue weighted by molar-refractivity contribution is -0.118. The molecule has 0 fully saturated rings. The Balaban J connectivity index is 2.32. The Morgan fingerprint density at radius 3 is 2.62 bits per heavy atom. The molecular formula is C20H29NO4S. The van der Waals surface area contributed by atoms with Gasteiger partial charge >= 0.3 is 5.97 Å². The van der Waals surface area contributed by atoms with Gasteiger partial charge in [-0.25, -0.2) is 4.79 Å². The van der Waals surface area contributed by atoms with Gasteiger partial charge in [0.05, 0.1) is 11.8 Å². The third-order valence-electron chi connectivity index (χ3n) is 4.79. The van der Waals surface area contributed by atoms with Crippen LogP contribution in [-0.2, 0) is 4.79 Å². The molecule has 3 unspecified atom stereocenters. The number of carboxylic acids is 1. The fourth-order valence-electron chi connectivity index (χ4n) is 3.25. The molecule has 0 bridgehead atoms. The van der Waals surface area contributed by atoms with E-state index in [1.807, 2.05) is 6.07 Å². The van der Waals surface area contributed by atoms with Gasteiger partial charge in [-0.05, 0) is 44.6 Å². The van der Waals surface area contributed by atoms with Crippen LogP contribution in [0.4, 0.5) is 5.69 Å². The minimum atomic E-state index is -0.992. The molecule has 1 amide bonds. The van der Waals surface area contributed by atoms with E-state index in [1.54, 1.807) is 18.7 Å². The molecule has 1 aliphatic rings. The van der Waals surface area contributed by atoms with Crippen molar-refractivity contribution in [2.45, 2.75) is 64.9 Å². The van der Waals surface area contributed by atoms with E-state index in [4.69, 9.17) is 0 Å². The minimum absolute atomic E-state index is 0.0877. The average Bonchev–Trinajstić information content (AvgIpc) is 3.03. The second-order valence-electron chi connectivity index (χ2n) is 7.10. The van der Waals surface area contributed by atoms with Crippen molar-refractivity contribution in [3.8, 4) is 0 Å². The Labute approximate surface area is 159 Å². The van der Waals surface area contributed by atoms with Crippen LogP contribution in [0.5, 0.6) is 0 Å². The quantitative estimate of drug-likeness (QED) is 0.656. The van der Waals surface area contributed by atoms with Gasteiger partial charge in [0.1, 0.15) is 4.88 Å². The molecule has 1 heterocycles. The normalized spacial score (nSPS) is 20.8. The van der Waals surface area contributed by atoms with Crippen LogP contribution in [0.25, 0.3) is 0 Å². The van der Waals surface area contributed by atoms with Crippen LogP contribution in [0.2, 0.25) is 0 Å².